The second-order valence-corrected chi connectivity index (χ2v) is 3.97. The number of rotatable bonds is 1. The van der Waals surface area contributed by atoms with E-state index in [1.165, 1.54) is 31.2 Å². The molecule has 1 heteroatoms. The van der Waals surface area contributed by atoms with E-state index >= 15 is 0 Å². The summed E-state index contributed by atoms with van der Waals surface area (Å²) in [7, 11) is 0. The molecule has 0 aromatic heterocycles. The van der Waals surface area contributed by atoms with Gasteiger partial charge in [0.1, 0.15) is 0 Å². The molecule has 1 fully saturated rings. The third-order valence-electron chi connectivity index (χ3n) is 2.68. The zero-order valence-electron chi connectivity index (χ0n) is 7.09. The number of benzene rings is 1. The van der Waals surface area contributed by atoms with Gasteiger partial charge in [0.15, 0.2) is 0 Å². The van der Waals surface area contributed by atoms with E-state index < -0.39 is 0 Å². The van der Waals surface area contributed by atoms with Gasteiger partial charge in [-0.15, -0.1) is 0 Å². The Hall–Kier alpha value is -0.490. The van der Waals surface area contributed by atoms with Gasteiger partial charge < -0.3 is 0 Å². The van der Waals surface area contributed by atoms with Gasteiger partial charge in [-0.25, -0.2) is 0 Å². The van der Waals surface area contributed by atoms with E-state index in [-0.39, 0.29) is 0 Å². The Balaban J connectivity index is 2.21. The summed E-state index contributed by atoms with van der Waals surface area (Å²) in [5, 5.41) is 0.874. The normalized spacial score (nSPS) is 18.4. The van der Waals surface area contributed by atoms with Crippen LogP contribution < -0.4 is 0 Å². The van der Waals surface area contributed by atoms with Crippen molar-refractivity contribution in [2.45, 2.75) is 31.6 Å². The minimum absolute atomic E-state index is 0.781. The fourth-order valence-electron chi connectivity index (χ4n) is 2.02. The van der Waals surface area contributed by atoms with Crippen LogP contribution in [-0.4, -0.2) is 0 Å². The van der Waals surface area contributed by atoms with Crippen molar-refractivity contribution in [2.24, 2.45) is 0 Å². The van der Waals surface area contributed by atoms with Crippen LogP contribution in [0.25, 0.3) is 0 Å². The molecule has 0 saturated heterocycles. The van der Waals surface area contributed by atoms with Crippen molar-refractivity contribution in [3.05, 3.63) is 34.9 Å². The van der Waals surface area contributed by atoms with Gasteiger partial charge in [0.05, 0.1) is 0 Å². The van der Waals surface area contributed by atoms with Crippen LogP contribution in [0.3, 0.4) is 0 Å². The van der Waals surface area contributed by atoms with Crippen LogP contribution in [0.15, 0.2) is 24.3 Å². The molecule has 0 aliphatic heterocycles. The second-order valence-electron chi connectivity index (χ2n) is 3.54. The maximum Gasteiger partial charge on any atom is 0.0408 e. The first-order chi connectivity index (χ1) is 5.86. The van der Waals surface area contributed by atoms with Gasteiger partial charge in [0, 0.05) is 5.02 Å². The molecule has 0 atom stereocenters. The summed E-state index contributed by atoms with van der Waals surface area (Å²) < 4.78 is 0. The summed E-state index contributed by atoms with van der Waals surface area (Å²) in [6.07, 6.45) is 5.47. The molecule has 1 aromatic rings. The molecule has 0 unspecified atom stereocenters. The molecule has 0 bridgehead atoms. The summed E-state index contributed by atoms with van der Waals surface area (Å²) in [6, 6.07) is 8.30. The van der Waals surface area contributed by atoms with Crippen molar-refractivity contribution in [2.75, 3.05) is 0 Å². The molecule has 0 heterocycles. The van der Waals surface area contributed by atoms with E-state index in [0.717, 1.165) is 10.9 Å². The van der Waals surface area contributed by atoms with Gasteiger partial charge in [-0.05, 0) is 36.5 Å². The zero-order chi connectivity index (χ0) is 8.39. The van der Waals surface area contributed by atoms with E-state index in [2.05, 4.69) is 18.2 Å². The van der Waals surface area contributed by atoms with Crippen molar-refractivity contribution < 1.29 is 0 Å². The molecule has 64 valence electrons. The third kappa shape index (κ3) is 1.64. The molecular weight excluding hydrogens is 168 g/mol. The lowest BCUT2D eigenvalue weighted by Gasteiger charge is -2.08. The molecule has 0 N–H and O–H groups in total. The molecule has 2 rings (SSSR count). The largest absolute Gasteiger partial charge is 0.0843 e. The monoisotopic (exact) mass is 180 g/mol. The van der Waals surface area contributed by atoms with Crippen molar-refractivity contribution in [3.63, 3.8) is 0 Å². The molecule has 12 heavy (non-hydrogen) atoms. The molecule has 1 aromatic carbocycles. The van der Waals surface area contributed by atoms with Gasteiger partial charge in [0.25, 0.3) is 0 Å². The average Bonchev–Trinajstić information content (AvgIpc) is 2.56. The molecule has 1 aliphatic carbocycles. The summed E-state index contributed by atoms with van der Waals surface area (Å²) in [6.45, 7) is 0. The Morgan fingerprint density at radius 1 is 1.17 bits per heavy atom. The Labute approximate surface area is 78.6 Å². The minimum Gasteiger partial charge on any atom is -0.0843 e. The van der Waals surface area contributed by atoms with Crippen molar-refractivity contribution in [1.82, 2.24) is 0 Å². The van der Waals surface area contributed by atoms with Crippen molar-refractivity contribution in [3.8, 4) is 0 Å². The number of halogens is 1. The average molecular weight is 181 g/mol. The molecule has 0 radical (unpaired) electrons. The highest BCUT2D eigenvalue weighted by atomic mass is 35.5. The van der Waals surface area contributed by atoms with Crippen molar-refractivity contribution >= 4 is 11.6 Å². The number of hydrogen-bond acceptors (Lipinski definition) is 0. The van der Waals surface area contributed by atoms with Crippen LogP contribution in [0, 0.1) is 0 Å². The highest BCUT2D eigenvalue weighted by Gasteiger charge is 2.16. The molecule has 0 nitrogen and oxygen atoms in total. The standard InChI is InChI=1S/C11H13Cl/c12-11-7-3-6-10(8-11)9-4-1-2-5-9/h3,6-9H,1-2,4-5H2. The van der Waals surface area contributed by atoms with E-state index in [1.807, 2.05) is 6.07 Å². The fourth-order valence-corrected chi connectivity index (χ4v) is 2.22. The maximum atomic E-state index is 5.92. The van der Waals surface area contributed by atoms with Gasteiger partial charge in [-0.2, -0.15) is 0 Å². The maximum absolute atomic E-state index is 5.92. The Kier molecular flexibility index (Phi) is 2.36. The quantitative estimate of drug-likeness (QED) is 0.613. The van der Waals surface area contributed by atoms with Crippen LogP contribution in [0.5, 0.6) is 0 Å². The van der Waals surface area contributed by atoms with E-state index in [1.54, 1.807) is 0 Å². The van der Waals surface area contributed by atoms with Crippen molar-refractivity contribution in [1.29, 1.82) is 0 Å². The van der Waals surface area contributed by atoms with Crippen LogP contribution in [0.4, 0.5) is 0 Å². The molecule has 0 spiro atoms. The SMILES string of the molecule is Clc1cccc(C2CCCC2)c1. The fraction of sp³-hybridized carbons (Fsp3) is 0.455. The summed E-state index contributed by atoms with van der Waals surface area (Å²) in [4.78, 5) is 0. The third-order valence-corrected chi connectivity index (χ3v) is 2.91. The summed E-state index contributed by atoms with van der Waals surface area (Å²) >= 11 is 5.92. The lowest BCUT2D eigenvalue weighted by atomic mass is 9.98. The lowest BCUT2D eigenvalue weighted by Crippen LogP contribution is -1.90. The Bertz CT molecular complexity index is 261. The van der Waals surface area contributed by atoms with Gasteiger partial charge in [-0.3, -0.25) is 0 Å². The van der Waals surface area contributed by atoms with Crippen LogP contribution in [-0.2, 0) is 0 Å². The lowest BCUT2D eigenvalue weighted by molar-refractivity contribution is 0.723. The minimum atomic E-state index is 0.781. The predicted octanol–water partition coefficient (Wildman–Crippen LogP) is 4.00. The van der Waals surface area contributed by atoms with Crippen LogP contribution >= 0.6 is 11.6 Å². The van der Waals surface area contributed by atoms with Gasteiger partial charge in [-0.1, -0.05) is 36.6 Å². The Morgan fingerprint density at radius 3 is 2.58 bits per heavy atom. The Morgan fingerprint density at radius 2 is 1.92 bits per heavy atom. The smallest absolute Gasteiger partial charge is 0.0408 e. The van der Waals surface area contributed by atoms with E-state index in [9.17, 15) is 0 Å². The van der Waals surface area contributed by atoms with Gasteiger partial charge in [0.2, 0.25) is 0 Å². The highest BCUT2D eigenvalue weighted by molar-refractivity contribution is 6.30. The van der Waals surface area contributed by atoms with Crippen LogP contribution in [0.2, 0.25) is 5.02 Å². The zero-order valence-corrected chi connectivity index (χ0v) is 7.85. The molecule has 0 amide bonds. The van der Waals surface area contributed by atoms with Crippen LogP contribution in [0.1, 0.15) is 37.2 Å². The van der Waals surface area contributed by atoms with E-state index in [4.69, 9.17) is 11.6 Å². The van der Waals surface area contributed by atoms with E-state index in [0.29, 0.717) is 0 Å². The molecular formula is C11H13Cl. The first kappa shape index (κ1) is 8.12. The second kappa shape index (κ2) is 3.49. The predicted molar refractivity (Wildman–Crippen MR) is 52.7 cm³/mol. The summed E-state index contributed by atoms with van der Waals surface area (Å²) in [5.41, 5.74) is 1.43. The summed E-state index contributed by atoms with van der Waals surface area (Å²) in [5.74, 6) is 0.781. The molecule has 1 saturated carbocycles. The first-order valence-corrected chi connectivity index (χ1v) is 4.99. The first-order valence-electron chi connectivity index (χ1n) is 4.62. The number of hydrogen-bond donors (Lipinski definition) is 0. The molecule has 1 aliphatic rings. The highest BCUT2D eigenvalue weighted by Crippen LogP contribution is 2.34. The topological polar surface area (TPSA) is 0 Å². The van der Waals surface area contributed by atoms with Gasteiger partial charge >= 0.3 is 0 Å².